The van der Waals surface area contributed by atoms with Crippen LogP contribution in [0.5, 0.6) is 0 Å². The van der Waals surface area contributed by atoms with Crippen molar-refractivity contribution in [2.45, 2.75) is 57.8 Å². The van der Waals surface area contributed by atoms with E-state index in [2.05, 4.69) is 42.5 Å². The van der Waals surface area contributed by atoms with E-state index in [0.29, 0.717) is 0 Å². The minimum Gasteiger partial charge on any atom is -0.328 e. The smallest absolute Gasteiger partial charge is 0.245 e. The molecule has 0 spiro atoms. The van der Waals surface area contributed by atoms with Gasteiger partial charge in [-0.25, -0.2) is 0 Å². The molecule has 124 valence electrons. The summed E-state index contributed by atoms with van der Waals surface area (Å²) in [6, 6.07) is 0. The maximum Gasteiger partial charge on any atom is 0.245 e. The first-order valence-corrected chi connectivity index (χ1v) is 7.57. The van der Waals surface area contributed by atoms with E-state index in [1.165, 1.54) is 12.2 Å². The predicted molar refractivity (Wildman–Crippen MR) is 89.1 cm³/mol. The topological polar surface area (TPSA) is 61.4 Å². The highest BCUT2D eigenvalue weighted by molar-refractivity contribution is 5.90. The third-order valence-electron chi connectivity index (χ3n) is 5.27. The van der Waals surface area contributed by atoms with Crippen LogP contribution in [0.15, 0.2) is 25.3 Å². The Morgan fingerprint density at radius 1 is 1.09 bits per heavy atom. The average Bonchev–Trinajstić information content (AvgIpc) is 2.42. The Morgan fingerprint density at radius 3 is 1.86 bits per heavy atom. The predicted octanol–water partition coefficient (Wildman–Crippen LogP) is 1.82. The van der Waals surface area contributed by atoms with Crippen LogP contribution in [-0.4, -0.2) is 40.5 Å². The summed E-state index contributed by atoms with van der Waals surface area (Å²) in [6.45, 7) is 17.5. The van der Waals surface area contributed by atoms with Crippen LogP contribution < -0.4 is 10.6 Å². The van der Waals surface area contributed by atoms with E-state index in [9.17, 15) is 9.59 Å². The van der Waals surface area contributed by atoms with Gasteiger partial charge in [0, 0.05) is 11.5 Å². The Kier molecular flexibility index (Phi) is 4.92. The van der Waals surface area contributed by atoms with Crippen LogP contribution in [0, 0.1) is 5.92 Å². The highest BCUT2D eigenvalue weighted by Gasteiger charge is 2.59. The molecular weight excluding hydrogens is 278 g/mol. The van der Waals surface area contributed by atoms with Crippen molar-refractivity contribution in [1.29, 1.82) is 0 Å². The SMILES string of the molecule is C=CC(=O)NC1(NC(=O)C=C)C(C)CC(C)(C)N(C)C1(C)C. The van der Waals surface area contributed by atoms with Gasteiger partial charge < -0.3 is 10.6 Å². The van der Waals surface area contributed by atoms with Gasteiger partial charge in [0.25, 0.3) is 0 Å². The van der Waals surface area contributed by atoms with Crippen molar-refractivity contribution in [1.82, 2.24) is 15.5 Å². The van der Waals surface area contributed by atoms with Crippen LogP contribution in [0.4, 0.5) is 0 Å². The summed E-state index contributed by atoms with van der Waals surface area (Å²) >= 11 is 0. The van der Waals surface area contributed by atoms with Crippen molar-refractivity contribution in [2.24, 2.45) is 5.92 Å². The minimum atomic E-state index is -0.909. The zero-order valence-electron chi connectivity index (χ0n) is 14.6. The number of hydrogen-bond acceptors (Lipinski definition) is 3. The molecule has 1 unspecified atom stereocenters. The third-order valence-corrected chi connectivity index (χ3v) is 5.27. The molecule has 22 heavy (non-hydrogen) atoms. The Bertz CT molecular complexity index is 472. The quantitative estimate of drug-likeness (QED) is 0.615. The zero-order valence-corrected chi connectivity index (χ0v) is 14.6. The molecule has 0 aromatic rings. The third kappa shape index (κ3) is 2.82. The number of likely N-dealkylation sites (tertiary alicyclic amines) is 1. The summed E-state index contributed by atoms with van der Waals surface area (Å²) < 4.78 is 0. The number of nitrogens with one attached hydrogen (secondary N) is 2. The molecule has 5 nitrogen and oxygen atoms in total. The number of carbonyl (C=O) groups is 2. The second-order valence-electron chi connectivity index (χ2n) is 7.23. The average molecular weight is 307 g/mol. The van der Waals surface area contributed by atoms with Crippen molar-refractivity contribution in [2.75, 3.05) is 7.05 Å². The van der Waals surface area contributed by atoms with Gasteiger partial charge in [0.2, 0.25) is 11.8 Å². The second-order valence-corrected chi connectivity index (χ2v) is 7.23. The van der Waals surface area contributed by atoms with Gasteiger partial charge >= 0.3 is 0 Å². The molecule has 1 aliphatic rings. The fourth-order valence-corrected chi connectivity index (χ4v) is 3.74. The molecular formula is C17H29N3O2. The normalized spacial score (nSPS) is 25.8. The fourth-order valence-electron chi connectivity index (χ4n) is 3.74. The van der Waals surface area contributed by atoms with Gasteiger partial charge in [-0.3, -0.25) is 14.5 Å². The Morgan fingerprint density at radius 2 is 1.50 bits per heavy atom. The Balaban J connectivity index is 3.44. The number of amides is 2. The zero-order chi connectivity index (χ0) is 17.3. The Labute approximate surface area is 133 Å². The molecule has 2 N–H and O–H groups in total. The molecule has 1 aliphatic heterocycles. The van der Waals surface area contributed by atoms with Crippen LogP contribution in [0.3, 0.4) is 0 Å². The maximum atomic E-state index is 12.0. The lowest BCUT2D eigenvalue weighted by atomic mass is 9.66. The van der Waals surface area contributed by atoms with Gasteiger partial charge in [-0.05, 0) is 53.3 Å². The highest BCUT2D eigenvalue weighted by Crippen LogP contribution is 2.45. The van der Waals surface area contributed by atoms with Crippen molar-refractivity contribution in [3.8, 4) is 0 Å². The van der Waals surface area contributed by atoms with Crippen LogP contribution in [0.25, 0.3) is 0 Å². The van der Waals surface area contributed by atoms with Gasteiger partial charge in [-0.2, -0.15) is 0 Å². The largest absolute Gasteiger partial charge is 0.328 e. The van der Waals surface area contributed by atoms with E-state index in [0.717, 1.165) is 6.42 Å². The minimum absolute atomic E-state index is 0.0292. The van der Waals surface area contributed by atoms with Crippen molar-refractivity contribution >= 4 is 11.8 Å². The molecule has 5 heteroatoms. The molecule has 1 fully saturated rings. The van der Waals surface area contributed by atoms with Gasteiger partial charge in [-0.1, -0.05) is 20.1 Å². The van der Waals surface area contributed by atoms with E-state index in [1.807, 2.05) is 27.8 Å². The first kappa shape index (κ1) is 18.4. The van der Waals surface area contributed by atoms with Gasteiger partial charge in [-0.15, -0.1) is 0 Å². The number of carbonyl (C=O) groups excluding carboxylic acids is 2. The van der Waals surface area contributed by atoms with Crippen LogP contribution >= 0.6 is 0 Å². The summed E-state index contributed by atoms with van der Waals surface area (Å²) in [5.41, 5.74) is -1.47. The molecule has 0 bridgehead atoms. The van der Waals surface area contributed by atoms with E-state index in [4.69, 9.17) is 0 Å². The molecule has 0 aliphatic carbocycles. The molecule has 1 atom stereocenters. The number of piperidine rings is 1. The summed E-state index contributed by atoms with van der Waals surface area (Å²) in [6.07, 6.45) is 3.27. The number of likely N-dealkylation sites (N-methyl/N-ethyl adjacent to an activating group) is 1. The molecule has 0 aromatic carbocycles. The van der Waals surface area contributed by atoms with E-state index in [-0.39, 0.29) is 23.3 Å². The van der Waals surface area contributed by atoms with Crippen LogP contribution in [0.1, 0.15) is 41.0 Å². The van der Waals surface area contributed by atoms with Crippen LogP contribution in [0.2, 0.25) is 0 Å². The van der Waals surface area contributed by atoms with Crippen molar-refractivity contribution in [3.63, 3.8) is 0 Å². The lowest BCUT2D eigenvalue weighted by Gasteiger charge is -2.63. The van der Waals surface area contributed by atoms with E-state index >= 15 is 0 Å². The van der Waals surface area contributed by atoms with Crippen molar-refractivity contribution < 1.29 is 9.59 Å². The summed E-state index contributed by atoms with van der Waals surface area (Å²) in [5.74, 6) is -0.587. The van der Waals surface area contributed by atoms with Crippen LogP contribution in [-0.2, 0) is 9.59 Å². The molecule has 0 aromatic heterocycles. The second kappa shape index (κ2) is 5.88. The highest BCUT2D eigenvalue weighted by atomic mass is 16.2. The molecule has 2 amide bonds. The summed E-state index contributed by atoms with van der Waals surface area (Å²) in [4.78, 5) is 26.3. The van der Waals surface area contributed by atoms with E-state index in [1.54, 1.807) is 0 Å². The first-order valence-electron chi connectivity index (χ1n) is 7.57. The number of nitrogens with zero attached hydrogens (tertiary/aromatic N) is 1. The van der Waals surface area contributed by atoms with Gasteiger partial charge in [0.15, 0.2) is 0 Å². The molecule has 0 radical (unpaired) electrons. The number of rotatable bonds is 4. The first-order chi connectivity index (χ1) is 9.94. The molecule has 0 saturated carbocycles. The lowest BCUT2D eigenvalue weighted by Crippen LogP contribution is -2.82. The van der Waals surface area contributed by atoms with Gasteiger partial charge in [0.05, 0.1) is 5.54 Å². The number of hydrogen-bond donors (Lipinski definition) is 2. The standard InChI is InChI=1S/C17H29N3O2/c1-9-13(21)18-17(19-14(22)10-2)12(3)11-15(4,5)20(8)16(17,6)7/h9-10,12H,1-2,11H2,3-8H3,(H,18,21)(H,19,22). The fraction of sp³-hybridized carbons (Fsp3) is 0.647. The van der Waals surface area contributed by atoms with Gasteiger partial charge in [0.1, 0.15) is 5.66 Å². The monoisotopic (exact) mass is 307 g/mol. The summed E-state index contributed by atoms with van der Waals surface area (Å²) in [7, 11) is 2.01. The Hall–Kier alpha value is -1.62. The molecule has 1 saturated heterocycles. The summed E-state index contributed by atoms with van der Waals surface area (Å²) in [5, 5.41) is 5.95. The molecule has 1 rings (SSSR count). The molecule has 1 heterocycles. The van der Waals surface area contributed by atoms with Crippen molar-refractivity contribution in [3.05, 3.63) is 25.3 Å². The lowest BCUT2D eigenvalue weighted by molar-refractivity contribution is -0.146. The maximum absolute atomic E-state index is 12.0. The van der Waals surface area contributed by atoms with E-state index < -0.39 is 11.2 Å².